The molecule has 0 unspecified atom stereocenters. The highest BCUT2D eigenvalue weighted by atomic mass is 32.1. The Kier molecular flexibility index (Phi) is 4.12. The van der Waals surface area contributed by atoms with Gasteiger partial charge in [0.2, 0.25) is 0 Å². The van der Waals surface area contributed by atoms with Crippen LogP contribution in [0.4, 0.5) is 10.5 Å². The number of carbonyl (C=O) groups excluding carboxylic acids is 2. The molecule has 6 nitrogen and oxygen atoms in total. The van der Waals surface area contributed by atoms with Crippen LogP contribution in [0.15, 0.2) is 41.8 Å². The zero-order valence-corrected chi connectivity index (χ0v) is 13.0. The molecule has 0 saturated carbocycles. The Morgan fingerprint density at radius 2 is 1.87 bits per heavy atom. The average Bonchev–Trinajstić information content (AvgIpc) is 3.16. The first kappa shape index (κ1) is 15.2. The van der Waals surface area contributed by atoms with Crippen LogP contribution < -0.4 is 4.90 Å². The molecule has 118 valence electrons. The number of thiophene rings is 1. The summed E-state index contributed by atoms with van der Waals surface area (Å²) >= 11 is 1.08. The van der Waals surface area contributed by atoms with Gasteiger partial charge < -0.3 is 10.0 Å². The smallest absolute Gasteiger partial charge is 0.348 e. The van der Waals surface area contributed by atoms with Gasteiger partial charge in [-0.15, -0.1) is 11.3 Å². The van der Waals surface area contributed by atoms with Gasteiger partial charge in [0, 0.05) is 18.7 Å². The van der Waals surface area contributed by atoms with Crippen LogP contribution in [0.1, 0.15) is 20.0 Å². The maximum Gasteiger partial charge on any atom is 0.348 e. The van der Waals surface area contributed by atoms with E-state index in [0.717, 1.165) is 11.3 Å². The molecule has 1 aromatic carbocycles. The lowest BCUT2D eigenvalue weighted by Crippen LogP contribution is -2.35. The van der Waals surface area contributed by atoms with Crippen molar-refractivity contribution in [2.75, 3.05) is 24.5 Å². The highest BCUT2D eigenvalue weighted by Crippen LogP contribution is 2.29. The van der Waals surface area contributed by atoms with Crippen LogP contribution in [0.2, 0.25) is 0 Å². The summed E-state index contributed by atoms with van der Waals surface area (Å²) in [5.41, 5.74) is 0.947. The number of hydrogen-bond acceptors (Lipinski definition) is 4. The monoisotopic (exact) mass is 330 g/mol. The average molecular weight is 330 g/mol. The summed E-state index contributed by atoms with van der Waals surface area (Å²) in [5.74, 6) is -1.19. The summed E-state index contributed by atoms with van der Waals surface area (Å²) in [6.07, 6.45) is 0. The van der Waals surface area contributed by atoms with Crippen molar-refractivity contribution in [1.29, 1.82) is 0 Å². The Bertz CT molecular complexity index is 756. The molecule has 3 rings (SSSR count). The van der Waals surface area contributed by atoms with Crippen molar-refractivity contribution in [2.24, 2.45) is 0 Å². The minimum absolute atomic E-state index is 0.00805. The van der Waals surface area contributed by atoms with Crippen molar-refractivity contribution in [2.45, 2.75) is 0 Å². The second kappa shape index (κ2) is 6.21. The zero-order chi connectivity index (χ0) is 16.4. The van der Waals surface area contributed by atoms with Crippen molar-refractivity contribution in [1.82, 2.24) is 4.90 Å². The minimum atomic E-state index is -1.05. The third-order valence-corrected chi connectivity index (χ3v) is 4.55. The lowest BCUT2D eigenvalue weighted by molar-refractivity contribution is 0.0702. The summed E-state index contributed by atoms with van der Waals surface area (Å²) in [7, 11) is 0. The van der Waals surface area contributed by atoms with Gasteiger partial charge in [-0.25, -0.2) is 9.59 Å². The van der Waals surface area contributed by atoms with Gasteiger partial charge in [-0.05, 0) is 11.4 Å². The van der Waals surface area contributed by atoms with E-state index in [1.807, 2.05) is 6.07 Å². The maximum absolute atomic E-state index is 12.5. The van der Waals surface area contributed by atoms with E-state index in [2.05, 4.69) is 0 Å². The number of amides is 2. The molecule has 7 heteroatoms. The molecule has 1 aromatic heterocycles. The summed E-state index contributed by atoms with van der Waals surface area (Å²) in [4.78, 5) is 38.9. The van der Waals surface area contributed by atoms with Crippen LogP contribution in [0, 0.1) is 0 Å². The molecule has 0 aliphatic carbocycles. The number of carboxylic acids is 1. The van der Waals surface area contributed by atoms with Crippen LogP contribution in [-0.2, 0) is 0 Å². The summed E-state index contributed by atoms with van der Waals surface area (Å²) < 4.78 is 0. The van der Waals surface area contributed by atoms with E-state index in [0.29, 0.717) is 24.3 Å². The highest BCUT2D eigenvalue weighted by Gasteiger charge is 2.33. The number of aromatic carboxylic acids is 1. The van der Waals surface area contributed by atoms with Gasteiger partial charge >= 0.3 is 12.0 Å². The lowest BCUT2D eigenvalue weighted by atomic mass is 10.1. The number of urea groups is 1. The van der Waals surface area contributed by atoms with Gasteiger partial charge in [-0.2, -0.15) is 0 Å². The predicted molar refractivity (Wildman–Crippen MR) is 86.4 cm³/mol. The molecular weight excluding hydrogens is 316 g/mol. The number of anilines is 1. The van der Waals surface area contributed by atoms with Crippen molar-refractivity contribution in [3.05, 3.63) is 52.2 Å². The molecule has 1 saturated heterocycles. The van der Waals surface area contributed by atoms with E-state index in [9.17, 15) is 14.4 Å². The first-order chi connectivity index (χ1) is 11.1. The maximum atomic E-state index is 12.5. The Labute approximate surface area is 136 Å². The molecule has 2 aromatic rings. The van der Waals surface area contributed by atoms with E-state index in [1.165, 1.54) is 9.80 Å². The molecule has 2 amide bonds. The first-order valence-corrected chi connectivity index (χ1v) is 7.91. The SMILES string of the molecule is O=C(CN1CCN(c2ccsc2C(=O)O)C1=O)c1ccccc1. The third-order valence-electron chi connectivity index (χ3n) is 3.65. The van der Waals surface area contributed by atoms with Crippen LogP contribution in [0.3, 0.4) is 0 Å². The summed E-state index contributed by atoms with van der Waals surface area (Å²) in [5, 5.41) is 10.8. The van der Waals surface area contributed by atoms with Crippen LogP contribution in [-0.4, -0.2) is 47.4 Å². The van der Waals surface area contributed by atoms with Crippen molar-refractivity contribution in [3.8, 4) is 0 Å². The predicted octanol–water partition coefficient (Wildman–Crippen LogP) is 2.57. The van der Waals surface area contributed by atoms with E-state index in [-0.39, 0.29) is 23.2 Å². The van der Waals surface area contributed by atoms with E-state index >= 15 is 0 Å². The Hall–Kier alpha value is -2.67. The summed E-state index contributed by atoms with van der Waals surface area (Å²) in [6, 6.07) is 10.1. The van der Waals surface area contributed by atoms with Gasteiger partial charge in [-0.3, -0.25) is 9.69 Å². The van der Waals surface area contributed by atoms with Gasteiger partial charge in [0.1, 0.15) is 4.88 Å². The Balaban J connectivity index is 1.73. The second-order valence-electron chi connectivity index (χ2n) is 5.09. The molecule has 0 bridgehead atoms. The standard InChI is InChI=1S/C16H14N2O4S/c19-13(11-4-2-1-3-5-11)10-17-7-8-18(16(17)22)12-6-9-23-14(12)15(20)21/h1-6,9H,7-8,10H2,(H,20,21). The van der Waals surface area contributed by atoms with E-state index < -0.39 is 5.97 Å². The molecule has 0 atom stereocenters. The molecule has 0 radical (unpaired) electrons. The van der Waals surface area contributed by atoms with Crippen molar-refractivity contribution in [3.63, 3.8) is 0 Å². The Morgan fingerprint density at radius 1 is 1.13 bits per heavy atom. The molecule has 1 fully saturated rings. The van der Waals surface area contributed by atoms with Crippen LogP contribution in [0.5, 0.6) is 0 Å². The molecule has 1 N–H and O–H groups in total. The Morgan fingerprint density at radius 3 is 2.57 bits per heavy atom. The fourth-order valence-corrected chi connectivity index (χ4v) is 3.25. The number of hydrogen-bond donors (Lipinski definition) is 1. The number of ketones is 1. The van der Waals surface area contributed by atoms with Gasteiger partial charge in [0.15, 0.2) is 5.78 Å². The van der Waals surface area contributed by atoms with E-state index in [4.69, 9.17) is 5.11 Å². The molecule has 2 heterocycles. The van der Waals surface area contributed by atoms with Gasteiger partial charge in [0.25, 0.3) is 0 Å². The van der Waals surface area contributed by atoms with Crippen LogP contribution in [0.25, 0.3) is 0 Å². The van der Waals surface area contributed by atoms with Crippen LogP contribution >= 0.6 is 11.3 Å². The number of rotatable bonds is 5. The second-order valence-corrected chi connectivity index (χ2v) is 6.00. The number of carbonyl (C=O) groups is 3. The zero-order valence-electron chi connectivity index (χ0n) is 12.1. The molecule has 23 heavy (non-hydrogen) atoms. The number of nitrogens with zero attached hydrogens (tertiary/aromatic N) is 2. The molecule has 1 aliphatic rings. The number of Topliss-reactive ketones (excluding diaryl/α,β-unsaturated/α-hetero) is 1. The van der Waals surface area contributed by atoms with Crippen molar-refractivity contribution < 1.29 is 19.5 Å². The summed E-state index contributed by atoms with van der Waals surface area (Å²) in [6.45, 7) is 0.760. The van der Waals surface area contributed by atoms with Crippen molar-refractivity contribution >= 4 is 34.8 Å². The van der Waals surface area contributed by atoms with E-state index in [1.54, 1.807) is 35.7 Å². The molecular formula is C16H14N2O4S. The molecule has 1 aliphatic heterocycles. The lowest BCUT2D eigenvalue weighted by Gasteiger charge is -2.18. The highest BCUT2D eigenvalue weighted by molar-refractivity contribution is 7.12. The fourth-order valence-electron chi connectivity index (χ4n) is 2.52. The quantitative estimate of drug-likeness (QED) is 0.855. The van der Waals surface area contributed by atoms with Gasteiger partial charge in [-0.1, -0.05) is 30.3 Å². The minimum Gasteiger partial charge on any atom is -0.477 e. The number of benzene rings is 1. The number of carboxylic acid groups (broad SMARTS) is 1. The topological polar surface area (TPSA) is 77.9 Å². The normalized spacial score (nSPS) is 14.3. The first-order valence-electron chi connectivity index (χ1n) is 7.03. The molecule has 0 spiro atoms. The largest absolute Gasteiger partial charge is 0.477 e. The fraction of sp³-hybridized carbons (Fsp3) is 0.188. The third kappa shape index (κ3) is 2.95. The van der Waals surface area contributed by atoms with Gasteiger partial charge in [0.05, 0.1) is 12.2 Å².